The molecule has 2 heterocycles. The number of rotatable bonds is 9. The molecule has 4 unspecified atom stereocenters. The van der Waals surface area contributed by atoms with Crippen LogP contribution in [0.1, 0.15) is 48.5 Å². The molecule has 0 amide bonds. The number of carbonyl (C=O) groups is 2. The van der Waals surface area contributed by atoms with Gasteiger partial charge in [-0.2, -0.15) is 0 Å². The molecule has 54 heavy (non-hydrogen) atoms. The van der Waals surface area contributed by atoms with Crippen LogP contribution in [-0.2, 0) is 19.1 Å². The van der Waals surface area contributed by atoms with Crippen LogP contribution in [0, 0.1) is 15.5 Å². The van der Waals surface area contributed by atoms with Crippen LogP contribution in [0.4, 0.5) is 0 Å². The number of nitrogens with zero attached hydrogens (tertiary/aromatic N) is 1. The number of piperidine rings is 1. The molecule has 2 aliphatic heterocycles. The minimum atomic E-state index is -2.30. The molecule has 1 spiro atoms. The average Bonchev–Trinajstić information content (AvgIpc) is 3.15. The maximum Gasteiger partial charge on any atom is 0.329 e. The molecule has 1 N–H and O–H groups in total. The van der Waals surface area contributed by atoms with Crippen molar-refractivity contribution in [2.24, 2.45) is 5.41 Å². The van der Waals surface area contributed by atoms with Gasteiger partial charge in [-0.25, -0.2) is 0 Å². The molecule has 0 aromatic heterocycles. The van der Waals surface area contributed by atoms with E-state index in [0.29, 0.717) is 55.5 Å². The first-order valence-electron chi connectivity index (χ1n) is 16.9. The van der Waals surface area contributed by atoms with Crippen LogP contribution in [0.15, 0.2) is 121 Å². The summed E-state index contributed by atoms with van der Waals surface area (Å²) in [5.74, 6) is -2.78. The van der Waals surface area contributed by atoms with E-state index >= 15 is 0 Å². The number of hydrogen-bond acceptors (Lipinski definition) is 10. The zero-order chi connectivity index (χ0) is 38.2. The van der Waals surface area contributed by atoms with Gasteiger partial charge in [0.1, 0.15) is 34.8 Å². The molecule has 0 saturated carbocycles. The topological polar surface area (TPSA) is 135 Å². The number of methoxy groups -OCH3 is 1. The lowest BCUT2D eigenvalue weighted by Crippen LogP contribution is -2.68. The molecule has 13 heteroatoms. The molecule has 0 bridgehead atoms. The maximum absolute atomic E-state index is 14.7. The molecule has 0 radical (unpaired) electrons. The Bertz CT molecular complexity index is 2170. The fourth-order valence-electron chi connectivity index (χ4n) is 7.23. The van der Waals surface area contributed by atoms with Crippen molar-refractivity contribution in [3.05, 3.63) is 158 Å². The van der Waals surface area contributed by atoms with Crippen molar-refractivity contribution >= 4 is 35.1 Å². The summed E-state index contributed by atoms with van der Waals surface area (Å²) in [5.41, 5.74) is -1.10. The van der Waals surface area contributed by atoms with E-state index in [2.05, 4.69) is 5.32 Å². The molecule has 4 atom stereocenters. The Morgan fingerprint density at radius 2 is 1.15 bits per heavy atom. The molecule has 5 aromatic rings. The molecule has 11 nitrogen and oxygen atoms in total. The highest BCUT2D eigenvalue weighted by atomic mass is 35.5. The van der Waals surface area contributed by atoms with Crippen molar-refractivity contribution in [1.29, 1.82) is 0 Å². The Kier molecular flexibility index (Phi) is 9.97. The fourth-order valence-corrected chi connectivity index (χ4v) is 7.49. The zero-order valence-electron chi connectivity index (χ0n) is 29.2. The standard InChI is InChI=1S/C41H34Cl2N2O9/c1-40(2)53-38(46)41(39(47)54-40)34(24-10-16-29(50-3)17-11-24)36(45(48)49)35(25-6-4-8-32(22-25)51-30-18-12-27(42)13-19-30)44-37(41)26-7-5-9-33(23-26)52-31-20-14-28(43)15-21-31/h4-23,34-37,44H,1-3H3. The van der Waals surface area contributed by atoms with E-state index in [4.69, 9.17) is 46.9 Å². The maximum atomic E-state index is 14.7. The molecular weight excluding hydrogens is 735 g/mol. The van der Waals surface area contributed by atoms with Gasteiger partial charge in [-0.05, 0) is 102 Å². The summed E-state index contributed by atoms with van der Waals surface area (Å²) in [7, 11) is 1.49. The summed E-state index contributed by atoms with van der Waals surface area (Å²) in [5, 5.41) is 17.9. The van der Waals surface area contributed by atoms with Crippen LogP contribution >= 0.6 is 23.2 Å². The number of ether oxygens (including phenoxy) is 5. The largest absolute Gasteiger partial charge is 0.497 e. The number of nitro groups is 1. The number of carbonyl (C=O) groups excluding carboxylic acids is 2. The third-order valence-corrected chi connectivity index (χ3v) is 10.1. The first-order chi connectivity index (χ1) is 25.9. The lowest BCUT2D eigenvalue weighted by Gasteiger charge is -2.52. The minimum Gasteiger partial charge on any atom is -0.497 e. The average molecular weight is 770 g/mol. The monoisotopic (exact) mass is 768 g/mol. The number of cyclic esters (lactones) is 2. The van der Waals surface area contributed by atoms with Gasteiger partial charge in [-0.15, -0.1) is 0 Å². The predicted molar refractivity (Wildman–Crippen MR) is 200 cm³/mol. The Morgan fingerprint density at radius 1 is 0.667 bits per heavy atom. The second-order valence-corrected chi connectivity index (χ2v) is 14.3. The van der Waals surface area contributed by atoms with Crippen LogP contribution in [0.3, 0.4) is 0 Å². The van der Waals surface area contributed by atoms with Gasteiger partial charge in [0.2, 0.25) is 6.04 Å². The van der Waals surface area contributed by atoms with Crippen molar-refractivity contribution in [1.82, 2.24) is 5.32 Å². The van der Waals surface area contributed by atoms with E-state index < -0.39 is 52.1 Å². The second-order valence-electron chi connectivity index (χ2n) is 13.4. The van der Waals surface area contributed by atoms with Crippen LogP contribution in [0.2, 0.25) is 10.0 Å². The summed E-state index contributed by atoms with van der Waals surface area (Å²) in [6, 6.07) is 29.7. The summed E-state index contributed by atoms with van der Waals surface area (Å²) in [6.07, 6.45) is 0. The van der Waals surface area contributed by atoms with E-state index in [1.807, 2.05) is 0 Å². The van der Waals surface area contributed by atoms with Crippen LogP contribution < -0.4 is 19.5 Å². The molecule has 276 valence electrons. The fraction of sp³-hybridized carbons (Fsp3) is 0.220. The zero-order valence-corrected chi connectivity index (χ0v) is 30.7. The number of halogens is 2. The highest BCUT2D eigenvalue weighted by Crippen LogP contribution is 2.59. The molecule has 5 aromatic carbocycles. The van der Waals surface area contributed by atoms with Gasteiger partial charge in [0.05, 0.1) is 19.1 Å². The van der Waals surface area contributed by atoms with E-state index in [9.17, 15) is 19.7 Å². The Labute approximate surface area is 320 Å². The quantitative estimate of drug-likeness (QED) is 0.0669. The first kappa shape index (κ1) is 36.7. The lowest BCUT2D eigenvalue weighted by molar-refractivity contribution is -0.539. The van der Waals surface area contributed by atoms with Gasteiger partial charge in [0, 0.05) is 28.8 Å². The SMILES string of the molecule is COc1ccc(C2C([N+](=O)[O-])C(c3cccc(Oc4ccc(Cl)cc4)c3)NC(c3cccc(Oc4ccc(Cl)cc4)c3)C23C(=O)OC(C)(C)OC3=O)cc1. The molecule has 0 aliphatic carbocycles. The van der Waals surface area contributed by atoms with Crippen LogP contribution in [0.25, 0.3) is 0 Å². The van der Waals surface area contributed by atoms with Crippen molar-refractivity contribution < 1.29 is 38.2 Å². The Hall–Kier alpha value is -5.62. The van der Waals surface area contributed by atoms with Crippen LogP contribution in [0.5, 0.6) is 28.7 Å². The predicted octanol–water partition coefficient (Wildman–Crippen LogP) is 9.22. The van der Waals surface area contributed by atoms with E-state index in [-0.39, 0.29) is 0 Å². The Balaban J connectivity index is 1.42. The highest BCUT2D eigenvalue weighted by Gasteiger charge is 2.73. The minimum absolute atomic E-state index is 0.324. The normalized spacial score (nSPS) is 21.4. The first-order valence-corrected chi connectivity index (χ1v) is 17.7. The second kappa shape index (κ2) is 14.7. The van der Waals surface area contributed by atoms with Crippen molar-refractivity contribution in [3.8, 4) is 28.7 Å². The third kappa shape index (κ3) is 7.05. The summed E-state index contributed by atoms with van der Waals surface area (Å²) in [4.78, 5) is 42.4. The van der Waals surface area contributed by atoms with Gasteiger partial charge in [-0.3, -0.25) is 25.0 Å². The third-order valence-electron chi connectivity index (χ3n) is 9.55. The lowest BCUT2D eigenvalue weighted by atomic mass is 9.58. The molecule has 2 fully saturated rings. The van der Waals surface area contributed by atoms with Crippen molar-refractivity contribution in [2.75, 3.05) is 7.11 Å². The van der Waals surface area contributed by atoms with E-state index in [1.165, 1.54) is 21.0 Å². The molecular formula is C41H34Cl2N2O9. The van der Waals surface area contributed by atoms with Gasteiger partial charge in [0.25, 0.3) is 5.79 Å². The highest BCUT2D eigenvalue weighted by molar-refractivity contribution is 6.30. The van der Waals surface area contributed by atoms with Crippen molar-refractivity contribution in [3.63, 3.8) is 0 Å². The van der Waals surface area contributed by atoms with Crippen LogP contribution in [-0.4, -0.2) is 35.8 Å². The van der Waals surface area contributed by atoms with Gasteiger partial charge < -0.3 is 23.7 Å². The Morgan fingerprint density at radius 3 is 1.65 bits per heavy atom. The summed E-state index contributed by atoms with van der Waals surface area (Å²) < 4.78 is 29.3. The van der Waals surface area contributed by atoms with Gasteiger partial charge >= 0.3 is 11.9 Å². The smallest absolute Gasteiger partial charge is 0.329 e. The van der Waals surface area contributed by atoms with E-state index in [0.717, 1.165) is 0 Å². The van der Waals surface area contributed by atoms with Gasteiger partial charge in [0.15, 0.2) is 5.41 Å². The number of nitrogens with one attached hydrogen (secondary N) is 1. The number of hydrogen-bond donors (Lipinski definition) is 1. The molecule has 7 rings (SSSR count). The van der Waals surface area contributed by atoms with E-state index in [1.54, 1.807) is 121 Å². The van der Waals surface area contributed by atoms with Crippen molar-refractivity contribution in [2.45, 2.75) is 43.7 Å². The van der Waals surface area contributed by atoms with Gasteiger partial charge in [-0.1, -0.05) is 59.6 Å². The number of esters is 2. The molecule has 2 saturated heterocycles. The number of benzene rings is 5. The summed E-state index contributed by atoms with van der Waals surface area (Å²) >= 11 is 12.2. The molecule has 2 aliphatic rings. The summed E-state index contributed by atoms with van der Waals surface area (Å²) in [6.45, 7) is 2.87.